The number of rotatable bonds is 4. The van der Waals surface area contributed by atoms with Gasteiger partial charge in [0.2, 0.25) is 5.78 Å². The van der Waals surface area contributed by atoms with E-state index in [9.17, 15) is 9.90 Å². The van der Waals surface area contributed by atoms with Crippen LogP contribution in [0, 0.1) is 0 Å². The first-order chi connectivity index (χ1) is 12.0. The van der Waals surface area contributed by atoms with Crippen molar-refractivity contribution in [3.05, 3.63) is 58.1 Å². The van der Waals surface area contributed by atoms with E-state index in [-0.39, 0.29) is 11.7 Å². The fourth-order valence-corrected chi connectivity index (χ4v) is 4.62. The van der Waals surface area contributed by atoms with E-state index in [1.807, 2.05) is 36.4 Å². The summed E-state index contributed by atoms with van der Waals surface area (Å²) in [5.41, 5.74) is 3.01. The van der Waals surface area contributed by atoms with E-state index in [2.05, 4.69) is 22.0 Å². The van der Waals surface area contributed by atoms with Gasteiger partial charge >= 0.3 is 0 Å². The zero-order chi connectivity index (χ0) is 17.6. The predicted molar refractivity (Wildman–Crippen MR) is 101 cm³/mol. The maximum absolute atomic E-state index is 12.9. The van der Waals surface area contributed by atoms with Gasteiger partial charge in [0.1, 0.15) is 30.6 Å². The van der Waals surface area contributed by atoms with Gasteiger partial charge in [-0.05, 0) is 24.3 Å². The Morgan fingerprint density at radius 2 is 2.04 bits per heavy atom. The van der Waals surface area contributed by atoms with Crippen molar-refractivity contribution in [1.29, 1.82) is 0 Å². The molecule has 25 heavy (non-hydrogen) atoms. The molecular weight excluding hydrogens is 382 g/mol. The van der Waals surface area contributed by atoms with Gasteiger partial charge < -0.3 is 9.84 Å². The molecule has 5 rings (SSSR count). The second-order valence-electron chi connectivity index (χ2n) is 7.03. The molecule has 2 aromatic rings. The monoisotopic (exact) mass is 402 g/mol. The van der Waals surface area contributed by atoms with Crippen LogP contribution in [0.3, 0.4) is 0 Å². The van der Waals surface area contributed by atoms with Gasteiger partial charge in [-0.3, -0.25) is 9.28 Å². The highest BCUT2D eigenvalue weighted by Gasteiger charge is 2.50. The number of methoxy groups -OCH3 is 1. The fraction of sp³-hybridized carbons (Fsp3) is 0.350. The molecule has 0 amide bonds. The van der Waals surface area contributed by atoms with Crippen molar-refractivity contribution in [3.63, 3.8) is 0 Å². The molecule has 0 spiro atoms. The number of aliphatic hydroxyl groups excluding tert-OH is 1. The minimum atomic E-state index is -0.411. The first-order valence-corrected chi connectivity index (χ1v) is 9.33. The molecule has 0 saturated carbocycles. The summed E-state index contributed by atoms with van der Waals surface area (Å²) in [4.78, 5) is 12.9. The summed E-state index contributed by atoms with van der Waals surface area (Å²) in [7, 11) is 1.65. The lowest BCUT2D eigenvalue weighted by Gasteiger charge is -2.51. The van der Waals surface area contributed by atoms with Gasteiger partial charge in [0.05, 0.1) is 13.7 Å². The van der Waals surface area contributed by atoms with E-state index in [4.69, 9.17) is 4.74 Å². The van der Waals surface area contributed by atoms with Crippen molar-refractivity contribution in [3.8, 4) is 5.75 Å². The third kappa shape index (κ3) is 2.80. The Kier molecular flexibility index (Phi) is 4.18. The third-order valence-corrected chi connectivity index (χ3v) is 6.16. The molecule has 130 valence electrons. The molecule has 5 heteroatoms. The molecule has 2 aromatic carbocycles. The number of Topliss-reactive ketones (excluding diaryl/α,β-unsaturated/α-hetero) is 1. The van der Waals surface area contributed by atoms with Crippen LogP contribution in [0.2, 0.25) is 0 Å². The number of carbonyl (C=O) groups excluding carboxylic acids is 1. The van der Waals surface area contributed by atoms with Crippen LogP contribution >= 0.6 is 15.9 Å². The molecule has 1 N–H and O–H groups in total. The van der Waals surface area contributed by atoms with Crippen LogP contribution in [0.15, 0.2) is 46.9 Å². The first-order valence-electron chi connectivity index (χ1n) is 8.54. The number of carbonyl (C=O) groups is 1. The molecule has 0 aliphatic carbocycles. The van der Waals surface area contributed by atoms with Gasteiger partial charge in [-0.15, -0.1) is 0 Å². The topological polar surface area (TPSA) is 46.5 Å². The van der Waals surface area contributed by atoms with Crippen molar-refractivity contribution in [2.24, 2.45) is 0 Å². The molecule has 3 heterocycles. The summed E-state index contributed by atoms with van der Waals surface area (Å²) in [6.07, 6.45) is 0.487. The van der Waals surface area contributed by atoms with Crippen molar-refractivity contribution in [2.45, 2.75) is 18.4 Å². The van der Waals surface area contributed by atoms with Crippen molar-refractivity contribution < 1.29 is 14.6 Å². The van der Waals surface area contributed by atoms with Crippen molar-refractivity contribution in [1.82, 2.24) is 4.48 Å². The highest BCUT2D eigenvalue weighted by molar-refractivity contribution is 9.10. The van der Waals surface area contributed by atoms with E-state index >= 15 is 0 Å². The molecule has 0 unspecified atom stereocenters. The van der Waals surface area contributed by atoms with E-state index < -0.39 is 6.10 Å². The second kappa shape index (κ2) is 6.24. The Labute approximate surface area is 155 Å². The molecule has 0 aromatic heterocycles. The number of nitrogens with zero attached hydrogens (tertiary/aromatic N) is 1. The van der Waals surface area contributed by atoms with E-state index in [0.29, 0.717) is 23.1 Å². The smallest absolute Gasteiger partial charge is 0.217 e. The number of benzene rings is 2. The maximum atomic E-state index is 12.9. The predicted octanol–water partition coefficient (Wildman–Crippen LogP) is 3.51. The maximum Gasteiger partial charge on any atom is 0.217 e. The summed E-state index contributed by atoms with van der Waals surface area (Å²) in [6, 6.07) is 13.5. The number of ether oxygens (including phenoxy) is 1. The summed E-state index contributed by atoms with van der Waals surface area (Å²) >= 11 is 3.41. The van der Waals surface area contributed by atoms with Gasteiger partial charge in [0.25, 0.3) is 0 Å². The van der Waals surface area contributed by atoms with Crippen molar-refractivity contribution >= 4 is 27.4 Å². The van der Waals surface area contributed by atoms with Crippen LogP contribution in [-0.2, 0) is 0 Å². The first kappa shape index (κ1) is 16.8. The second-order valence-corrected chi connectivity index (χ2v) is 7.94. The largest absolute Gasteiger partial charge is 0.497 e. The Morgan fingerprint density at radius 3 is 2.72 bits per heavy atom. The van der Waals surface area contributed by atoms with Crippen LogP contribution in [0.5, 0.6) is 5.75 Å². The van der Waals surface area contributed by atoms with Gasteiger partial charge in [-0.1, -0.05) is 28.1 Å². The van der Waals surface area contributed by atoms with Gasteiger partial charge in [0.15, 0.2) is 0 Å². The highest BCUT2D eigenvalue weighted by Crippen LogP contribution is 2.48. The molecular formula is C20H21BrNO3+. The van der Waals surface area contributed by atoms with Gasteiger partial charge in [-0.2, -0.15) is 0 Å². The van der Waals surface area contributed by atoms with Crippen LogP contribution in [0.1, 0.15) is 28.3 Å². The number of piperidine rings is 1. The average molecular weight is 403 g/mol. The normalized spacial score (nSPS) is 27.0. The molecule has 3 aliphatic heterocycles. The quantitative estimate of drug-likeness (QED) is 0.628. The Hall–Kier alpha value is -1.69. The lowest BCUT2D eigenvalue weighted by atomic mass is 9.78. The highest BCUT2D eigenvalue weighted by atomic mass is 79.9. The number of fused-ring (bicyclic) bond motifs is 2. The minimum Gasteiger partial charge on any atom is -0.497 e. The Bertz CT molecular complexity index is 820. The number of quaternary nitrogens is 1. The molecule has 2 bridgehead atoms. The molecule has 1 saturated heterocycles. The number of hydrogen-bond acceptors (Lipinski definition) is 3. The Balaban J connectivity index is 1.71. The van der Waals surface area contributed by atoms with Gasteiger partial charge in [0, 0.05) is 34.0 Å². The fourth-order valence-electron chi connectivity index (χ4n) is 4.36. The number of aliphatic hydroxyl groups is 1. The number of halogens is 1. The zero-order valence-corrected chi connectivity index (χ0v) is 15.7. The summed E-state index contributed by atoms with van der Waals surface area (Å²) in [6.45, 7) is 1.88. The van der Waals surface area contributed by atoms with E-state index in [1.54, 1.807) is 7.11 Å². The van der Waals surface area contributed by atoms with Crippen LogP contribution < -0.4 is 9.22 Å². The zero-order valence-electron chi connectivity index (χ0n) is 14.1. The molecule has 4 nitrogen and oxygen atoms in total. The minimum absolute atomic E-state index is 0.113. The average Bonchev–Trinajstić information content (AvgIpc) is 2.62. The van der Waals surface area contributed by atoms with Crippen molar-refractivity contribution in [2.75, 3.05) is 26.7 Å². The molecule has 0 radical (unpaired) electrons. The molecule has 1 fully saturated rings. The summed E-state index contributed by atoms with van der Waals surface area (Å²) in [5.74, 6) is 1.06. The lowest BCUT2D eigenvalue weighted by Crippen LogP contribution is -2.64. The number of hydrogen-bond donors (Lipinski definition) is 1. The van der Waals surface area contributed by atoms with E-state index in [0.717, 1.165) is 34.4 Å². The van der Waals surface area contributed by atoms with E-state index in [1.165, 1.54) is 0 Å². The summed E-state index contributed by atoms with van der Waals surface area (Å²) < 4.78 is 6.85. The number of ketones is 1. The standard InChI is InChI=1S/C20H21BrNO3/c1-25-15-6-7-18-17(10-15)16-8-9-22(18,12-20(16)24)11-19(23)13-2-4-14(21)5-3-13/h2-7,10,16,20,24H,8-9,11-12H2,1H3/q+1/t16-,20-,22+/m1/s1. The molecule has 3 atom stereocenters. The van der Waals surface area contributed by atoms with Crippen LogP contribution in [0.4, 0.5) is 5.69 Å². The molecule has 3 aliphatic rings. The lowest BCUT2D eigenvalue weighted by molar-refractivity contribution is 0.0371. The van der Waals surface area contributed by atoms with Gasteiger partial charge in [-0.25, -0.2) is 0 Å². The third-order valence-electron chi connectivity index (χ3n) is 5.63. The Morgan fingerprint density at radius 1 is 1.28 bits per heavy atom. The summed E-state index contributed by atoms with van der Waals surface area (Å²) in [5, 5.41) is 10.6. The SMILES string of the molecule is COc1ccc2c(c1)[C@H]1CC[N@+]2(CC(=O)c2ccc(Br)cc2)C[C@H]1O. The van der Waals surface area contributed by atoms with Crippen LogP contribution in [-0.4, -0.2) is 43.7 Å². The van der Waals surface area contributed by atoms with Crippen LogP contribution in [0.25, 0.3) is 0 Å².